The maximum absolute atomic E-state index is 11.7. The molecule has 0 aromatic heterocycles. The van der Waals surface area contributed by atoms with Crippen molar-refractivity contribution in [2.24, 2.45) is 11.7 Å². The van der Waals surface area contributed by atoms with Gasteiger partial charge in [0.05, 0.1) is 6.04 Å². The predicted octanol–water partition coefficient (Wildman–Crippen LogP) is 1.68. The van der Waals surface area contributed by atoms with Crippen molar-refractivity contribution < 1.29 is 4.79 Å². The lowest BCUT2D eigenvalue weighted by Crippen LogP contribution is -2.44. The first-order valence-electron chi connectivity index (χ1n) is 5.72. The van der Waals surface area contributed by atoms with Crippen LogP contribution in [0.15, 0.2) is 30.3 Å². The van der Waals surface area contributed by atoms with Gasteiger partial charge in [0.2, 0.25) is 5.91 Å². The van der Waals surface area contributed by atoms with Gasteiger partial charge < -0.3 is 11.1 Å². The second-order valence-electron chi connectivity index (χ2n) is 4.11. The number of hydrogen-bond acceptors (Lipinski definition) is 2. The standard InChI is InChI=1S/C13H20N2O/c1-3-10(2)12(14)13(16)15-9-11-7-5-4-6-8-11/h4-8,10,12H,3,9,14H2,1-2H3,(H,15,16)/t10?,12-/m0/s1. The number of nitrogens with two attached hydrogens (primary N) is 1. The molecule has 3 N–H and O–H groups in total. The van der Waals surface area contributed by atoms with Crippen molar-refractivity contribution in [2.75, 3.05) is 0 Å². The highest BCUT2D eigenvalue weighted by atomic mass is 16.2. The highest BCUT2D eigenvalue weighted by molar-refractivity contribution is 5.81. The number of hydrogen-bond donors (Lipinski definition) is 2. The van der Waals surface area contributed by atoms with Crippen molar-refractivity contribution in [3.05, 3.63) is 35.9 Å². The summed E-state index contributed by atoms with van der Waals surface area (Å²) in [6.45, 7) is 4.57. The van der Waals surface area contributed by atoms with E-state index in [-0.39, 0.29) is 11.8 Å². The highest BCUT2D eigenvalue weighted by Crippen LogP contribution is 2.05. The fraction of sp³-hybridized carbons (Fsp3) is 0.462. The minimum atomic E-state index is -0.409. The molecule has 3 heteroatoms. The summed E-state index contributed by atoms with van der Waals surface area (Å²) >= 11 is 0. The SMILES string of the molecule is CCC(C)[C@H](N)C(=O)NCc1ccccc1. The third kappa shape index (κ3) is 3.66. The van der Waals surface area contributed by atoms with Crippen LogP contribution in [0, 0.1) is 5.92 Å². The zero-order valence-corrected chi connectivity index (χ0v) is 9.94. The van der Waals surface area contributed by atoms with Crippen molar-refractivity contribution in [3.8, 4) is 0 Å². The molecule has 0 radical (unpaired) electrons. The van der Waals surface area contributed by atoms with E-state index in [4.69, 9.17) is 5.73 Å². The Kier molecular flexibility index (Phi) is 4.99. The van der Waals surface area contributed by atoms with E-state index >= 15 is 0 Å². The van der Waals surface area contributed by atoms with Crippen LogP contribution in [0.3, 0.4) is 0 Å². The van der Waals surface area contributed by atoms with Crippen molar-refractivity contribution in [3.63, 3.8) is 0 Å². The number of amides is 1. The molecule has 0 bridgehead atoms. The van der Waals surface area contributed by atoms with Gasteiger partial charge in [0.1, 0.15) is 0 Å². The molecule has 0 aliphatic carbocycles. The van der Waals surface area contributed by atoms with Gasteiger partial charge in [0.15, 0.2) is 0 Å². The summed E-state index contributed by atoms with van der Waals surface area (Å²) in [5, 5.41) is 2.85. The summed E-state index contributed by atoms with van der Waals surface area (Å²) in [6.07, 6.45) is 0.917. The van der Waals surface area contributed by atoms with E-state index < -0.39 is 6.04 Å². The van der Waals surface area contributed by atoms with Gasteiger partial charge in [-0.05, 0) is 11.5 Å². The topological polar surface area (TPSA) is 55.1 Å². The first-order chi connectivity index (χ1) is 7.65. The Morgan fingerprint density at radius 2 is 2.00 bits per heavy atom. The summed E-state index contributed by atoms with van der Waals surface area (Å²) in [5.74, 6) is 0.147. The molecule has 1 amide bonds. The Balaban J connectivity index is 2.41. The molecule has 1 aromatic carbocycles. The van der Waals surface area contributed by atoms with Crippen LogP contribution in [0.25, 0.3) is 0 Å². The van der Waals surface area contributed by atoms with Gasteiger partial charge in [-0.25, -0.2) is 0 Å². The maximum Gasteiger partial charge on any atom is 0.237 e. The lowest BCUT2D eigenvalue weighted by molar-refractivity contribution is -0.123. The van der Waals surface area contributed by atoms with Crippen molar-refractivity contribution in [1.82, 2.24) is 5.32 Å². The third-order valence-corrected chi connectivity index (χ3v) is 2.87. The smallest absolute Gasteiger partial charge is 0.237 e. The maximum atomic E-state index is 11.7. The lowest BCUT2D eigenvalue weighted by Gasteiger charge is -2.17. The van der Waals surface area contributed by atoms with Crippen LogP contribution in [-0.2, 0) is 11.3 Å². The quantitative estimate of drug-likeness (QED) is 0.793. The molecule has 0 saturated carbocycles. The average molecular weight is 220 g/mol. The van der Waals surface area contributed by atoms with Gasteiger partial charge in [-0.2, -0.15) is 0 Å². The first-order valence-corrected chi connectivity index (χ1v) is 5.72. The molecule has 0 heterocycles. The monoisotopic (exact) mass is 220 g/mol. The van der Waals surface area contributed by atoms with E-state index in [9.17, 15) is 4.79 Å². The molecular weight excluding hydrogens is 200 g/mol. The van der Waals surface area contributed by atoms with Crippen molar-refractivity contribution >= 4 is 5.91 Å². The molecule has 0 saturated heterocycles. The van der Waals surface area contributed by atoms with Crippen LogP contribution < -0.4 is 11.1 Å². The van der Waals surface area contributed by atoms with Crippen LogP contribution in [0.4, 0.5) is 0 Å². The van der Waals surface area contributed by atoms with Crippen LogP contribution >= 0.6 is 0 Å². The first kappa shape index (κ1) is 12.7. The lowest BCUT2D eigenvalue weighted by atomic mass is 9.99. The molecule has 1 rings (SSSR count). The van der Waals surface area contributed by atoms with Crippen LogP contribution in [0.1, 0.15) is 25.8 Å². The Labute approximate surface area is 97.0 Å². The van der Waals surface area contributed by atoms with Gasteiger partial charge in [-0.3, -0.25) is 4.79 Å². The second kappa shape index (κ2) is 6.28. The van der Waals surface area contributed by atoms with E-state index in [1.54, 1.807) is 0 Å². The van der Waals surface area contributed by atoms with E-state index in [1.807, 2.05) is 44.2 Å². The van der Waals surface area contributed by atoms with Crippen LogP contribution in [0.5, 0.6) is 0 Å². The normalized spacial score (nSPS) is 14.2. The molecule has 0 aliphatic heterocycles. The molecule has 1 unspecified atom stereocenters. The van der Waals surface area contributed by atoms with Gasteiger partial charge >= 0.3 is 0 Å². The van der Waals surface area contributed by atoms with E-state index in [0.717, 1.165) is 12.0 Å². The molecule has 3 nitrogen and oxygen atoms in total. The minimum absolute atomic E-state index is 0.0711. The van der Waals surface area contributed by atoms with Crippen molar-refractivity contribution in [2.45, 2.75) is 32.9 Å². The zero-order valence-electron chi connectivity index (χ0n) is 9.94. The molecule has 88 valence electrons. The number of nitrogens with one attached hydrogen (secondary N) is 1. The van der Waals surface area contributed by atoms with Crippen LogP contribution in [-0.4, -0.2) is 11.9 Å². The zero-order chi connectivity index (χ0) is 12.0. The third-order valence-electron chi connectivity index (χ3n) is 2.87. The highest BCUT2D eigenvalue weighted by Gasteiger charge is 2.18. The van der Waals surface area contributed by atoms with Gasteiger partial charge in [0.25, 0.3) is 0 Å². The Hall–Kier alpha value is -1.35. The van der Waals surface area contributed by atoms with Gasteiger partial charge in [-0.15, -0.1) is 0 Å². The van der Waals surface area contributed by atoms with E-state index in [0.29, 0.717) is 6.54 Å². The Bertz CT molecular complexity index is 324. The fourth-order valence-electron chi connectivity index (χ4n) is 1.42. The van der Waals surface area contributed by atoms with E-state index in [2.05, 4.69) is 5.32 Å². The Morgan fingerprint density at radius 1 is 1.38 bits per heavy atom. The average Bonchev–Trinajstić information content (AvgIpc) is 2.35. The molecule has 0 fully saturated rings. The molecule has 2 atom stereocenters. The molecule has 0 spiro atoms. The molecule has 16 heavy (non-hydrogen) atoms. The number of carbonyl (C=O) groups is 1. The van der Waals surface area contributed by atoms with Gasteiger partial charge in [0, 0.05) is 6.54 Å². The number of rotatable bonds is 5. The second-order valence-corrected chi connectivity index (χ2v) is 4.11. The number of benzene rings is 1. The summed E-state index contributed by atoms with van der Waals surface area (Å²) in [7, 11) is 0. The predicted molar refractivity (Wildman–Crippen MR) is 65.7 cm³/mol. The largest absolute Gasteiger partial charge is 0.351 e. The van der Waals surface area contributed by atoms with Crippen LogP contribution in [0.2, 0.25) is 0 Å². The fourth-order valence-corrected chi connectivity index (χ4v) is 1.42. The molecular formula is C13H20N2O. The molecule has 0 aliphatic rings. The molecule has 1 aromatic rings. The summed E-state index contributed by atoms with van der Waals surface area (Å²) in [6, 6.07) is 9.42. The van der Waals surface area contributed by atoms with Crippen molar-refractivity contribution in [1.29, 1.82) is 0 Å². The summed E-state index contributed by atoms with van der Waals surface area (Å²) in [5.41, 5.74) is 6.91. The summed E-state index contributed by atoms with van der Waals surface area (Å²) in [4.78, 5) is 11.7. The summed E-state index contributed by atoms with van der Waals surface area (Å²) < 4.78 is 0. The van der Waals surface area contributed by atoms with E-state index in [1.165, 1.54) is 0 Å². The minimum Gasteiger partial charge on any atom is -0.351 e. The Morgan fingerprint density at radius 3 is 2.56 bits per heavy atom. The van der Waals surface area contributed by atoms with Gasteiger partial charge in [-0.1, -0.05) is 50.6 Å². The number of carbonyl (C=O) groups excluding carboxylic acids is 1.